The van der Waals surface area contributed by atoms with Gasteiger partial charge in [0.05, 0.1) is 18.8 Å². The molecule has 7 heteroatoms. The number of hydrogen-bond acceptors (Lipinski definition) is 6. The second-order valence-corrected chi connectivity index (χ2v) is 8.28. The molecule has 0 radical (unpaired) electrons. The summed E-state index contributed by atoms with van der Waals surface area (Å²) in [5.74, 6) is 1.38. The topological polar surface area (TPSA) is 71.5 Å². The number of likely N-dealkylation sites (tertiary alicyclic amines) is 1. The zero-order chi connectivity index (χ0) is 23.4. The summed E-state index contributed by atoms with van der Waals surface area (Å²) in [7, 11) is 5.47. The summed E-state index contributed by atoms with van der Waals surface area (Å²) in [6.07, 6.45) is 9.59. The van der Waals surface area contributed by atoms with Crippen molar-refractivity contribution in [3.05, 3.63) is 78.4 Å². The Kier molecular flexibility index (Phi) is 6.68. The number of hydrogen-bond donors (Lipinski definition) is 0. The van der Waals surface area contributed by atoms with Crippen LogP contribution < -0.4 is 9.64 Å². The van der Waals surface area contributed by atoms with Crippen molar-refractivity contribution in [2.75, 3.05) is 32.6 Å². The van der Waals surface area contributed by atoms with E-state index in [0.717, 1.165) is 41.0 Å². The van der Waals surface area contributed by atoms with Crippen LogP contribution in [0.3, 0.4) is 0 Å². The Morgan fingerprint density at radius 2 is 2.06 bits per heavy atom. The highest BCUT2D eigenvalue weighted by Crippen LogP contribution is 2.38. The molecule has 3 aromatic rings. The first-order chi connectivity index (χ1) is 16.0. The Hall–Kier alpha value is -3.74. The van der Waals surface area contributed by atoms with Crippen molar-refractivity contribution < 1.29 is 9.53 Å². The maximum atomic E-state index is 13.6. The maximum absolute atomic E-state index is 13.6. The SMILES string of the molecule is C=CCc1cc(C(=O)N2CCC[C@H]2c2nc(N(C)C)ncc2-c2ccncc2)ccc1OC. The van der Waals surface area contributed by atoms with E-state index in [4.69, 9.17) is 9.72 Å². The molecule has 1 aliphatic heterocycles. The van der Waals surface area contributed by atoms with Gasteiger partial charge in [-0.25, -0.2) is 9.97 Å². The number of nitrogens with zero attached hydrogens (tertiary/aromatic N) is 5. The fourth-order valence-corrected chi connectivity index (χ4v) is 4.30. The van der Waals surface area contributed by atoms with E-state index in [1.807, 2.05) is 66.5 Å². The molecule has 1 aliphatic rings. The van der Waals surface area contributed by atoms with Crippen LogP contribution in [0.5, 0.6) is 5.75 Å². The molecule has 4 rings (SSSR count). The van der Waals surface area contributed by atoms with Gasteiger partial charge in [0.1, 0.15) is 5.75 Å². The molecule has 1 fully saturated rings. The molecule has 0 spiro atoms. The Morgan fingerprint density at radius 1 is 1.27 bits per heavy atom. The summed E-state index contributed by atoms with van der Waals surface area (Å²) >= 11 is 0. The molecule has 1 atom stereocenters. The van der Waals surface area contributed by atoms with Gasteiger partial charge in [-0.15, -0.1) is 6.58 Å². The van der Waals surface area contributed by atoms with Crippen LogP contribution in [0.1, 0.15) is 40.5 Å². The molecule has 170 valence electrons. The molecule has 0 bridgehead atoms. The number of rotatable bonds is 7. The van der Waals surface area contributed by atoms with E-state index in [-0.39, 0.29) is 11.9 Å². The number of carbonyl (C=O) groups is 1. The smallest absolute Gasteiger partial charge is 0.254 e. The van der Waals surface area contributed by atoms with Crippen LogP contribution >= 0.6 is 0 Å². The molecule has 1 aromatic carbocycles. The van der Waals surface area contributed by atoms with Crippen LogP contribution in [0.4, 0.5) is 5.95 Å². The third-order valence-electron chi connectivity index (χ3n) is 5.92. The largest absolute Gasteiger partial charge is 0.496 e. The second kappa shape index (κ2) is 9.81. The zero-order valence-electron chi connectivity index (χ0n) is 19.4. The van der Waals surface area contributed by atoms with Gasteiger partial charge in [-0.05, 0) is 60.7 Å². The number of ether oxygens (including phenoxy) is 1. The van der Waals surface area contributed by atoms with Crippen LogP contribution in [0.2, 0.25) is 0 Å². The van der Waals surface area contributed by atoms with Gasteiger partial charge < -0.3 is 14.5 Å². The predicted octanol–water partition coefficient (Wildman–Crippen LogP) is 4.32. The predicted molar refractivity (Wildman–Crippen MR) is 129 cm³/mol. The lowest BCUT2D eigenvalue weighted by atomic mass is 10.00. The van der Waals surface area contributed by atoms with Crippen LogP contribution in [0.25, 0.3) is 11.1 Å². The molecule has 1 saturated heterocycles. The van der Waals surface area contributed by atoms with Gasteiger partial charge in [0.25, 0.3) is 5.91 Å². The second-order valence-electron chi connectivity index (χ2n) is 8.28. The first kappa shape index (κ1) is 22.5. The molecule has 33 heavy (non-hydrogen) atoms. The summed E-state index contributed by atoms with van der Waals surface area (Å²) < 4.78 is 5.45. The lowest BCUT2D eigenvalue weighted by Crippen LogP contribution is -2.31. The molecule has 2 aromatic heterocycles. The molecule has 0 aliphatic carbocycles. The lowest BCUT2D eigenvalue weighted by molar-refractivity contribution is 0.0733. The van der Waals surface area contributed by atoms with E-state index >= 15 is 0 Å². The highest BCUT2D eigenvalue weighted by atomic mass is 16.5. The summed E-state index contributed by atoms with van der Waals surface area (Å²) in [6.45, 7) is 4.51. The minimum atomic E-state index is -0.132. The number of anilines is 1. The zero-order valence-corrected chi connectivity index (χ0v) is 19.4. The van der Waals surface area contributed by atoms with Crippen molar-refractivity contribution in [1.29, 1.82) is 0 Å². The van der Waals surface area contributed by atoms with E-state index in [0.29, 0.717) is 24.5 Å². The van der Waals surface area contributed by atoms with Gasteiger partial charge in [0, 0.05) is 50.4 Å². The third kappa shape index (κ3) is 4.58. The molecular formula is C26H29N5O2. The van der Waals surface area contributed by atoms with E-state index in [1.165, 1.54) is 0 Å². The Balaban J connectivity index is 1.74. The maximum Gasteiger partial charge on any atom is 0.254 e. The van der Waals surface area contributed by atoms with E-state index in [2.05, 4.69) is 16.5 Å². The molecule has 0 N–H and O–H groups in total. The van der Waals surface area contributed by atoms with Gasteiger partial charge in [0.2, 0.25) is 5.95 Å². The van der Waals surface area contributed by atoms with Gasteiger partial charge in [-0.3, -0.25) is 9.78 Å². The Morgan fingerprint density at radius 3 is 2.76 bits per heavy atom. The summed E-state index contributed by atoms with van der Waals surface area (Å²) in [4.78, 5) is 31.0. The molecule has 3 heterocycles. The highest BCUT2D eigenvalue weighted by molar-refractivity contribution is 5.95. The molecular weight excluding hydrogens is 414 g/mol. The van der Waals surface area contributed by atoms with Gasteiger partial charge in [-0.1, -0.05) is 6.08 Å². The molecule has 0 saturated carbocycles. The summed E-state index contributed by atoms with van der Waals surface area (Å²) in [6, 6.07) is 9.36. The van der Waals surface area contributed by atoms with E-state index in [1.54, 1.807) is 19.5 Å². The van der Waals surface area contributed by atoms with Crippen molar-refractivity contribution >= 4 is 11.9 Å². The van der Waals surface area contributed by atoms with Gasteiger partial charge in [-0.2, -0.15) is 0 Å². The fraction of sp³-hybridized carbons (Fsp3) is 0.308. The number of allylic oxidation sites excluding steroid dienone is 1. The lowest BCUT2D eigenvalue weighted by Gasteiger charge is -2.27. The van der Waals surface area contributed by atoms with Crippen molar-refractivity contribution in [3.63, 3.8) is 0 Å². The van der Waals surface area contributed by atoms with Crippen LogP contribution in [0.15, 0.2) is 61.6 Å². The van der Waals surface area contributed by atoms with Crippen LogP contribution in [-0.2, 0) is 6.42 Å². The van der Waals surface area contributed by atoms with Gasteiger partial charge >= 0.3 is 0 Å². The number of carbonyl (C=O) groups excluding carboxylic acids is 1. The molecule has 7 nitrogen and oxygen atoms in total. The Bertz CT molecular complexity index is 1150. The van der Waals surface area contributed by atoms with E-state index < -0.39 is 0 Å². The van der Waals surface area contributed by atoms with Crippen molar-refractivity contribution in [2.24, 2.45) is 0 Å². The average Bonchev–Trinajstić information content (AvgIpc) is 3.33. The summed E-state index contributed by atoms with van der Waals surface area (Å²) in [5, 5.41) is 0. The number of aromatic nitrogens is 3. The fourth-order valence-electron chi connectivity index (χ4n) is 4.30. The first-order valence-electron chi connectivity index (χ1n) is 11.1. The highest BCUT2D eigenvalue weighted by Gasteiger charge is 2.34. The standard InChI is InChI=1S/C26H29N5O2/c1-5-7-19-16-20(9-10-23(19)33-4)25(32)31-15-6-8-22(31)24-21(18-11-13-27-14-12-18)17-28-26(29-24)30(2)3/h5,9-14,16-17,22H,1,6-8,15H2,2-4H3/t22-/m0/s1. The third-order valence-corrected chi connectivity index (χ3v) is 5.92. The minimum absolute atomic E-state index is 0.00356. The van der Waals surface area contributed by atoms with Crippen molar-refractivity contribution in [3.8, 4) is 16.9 Å². The first-order valence-corrected chi connectivity index (χ1v) is 11.1. The number of pyridine rings is 1. The average molecular weight is 444 g/mol. The summed E-state index contributed by atoms with van der Waals surface area (Å²) in [5.41, 5.74) is 4.37. The van der Waals surface area contributed by atoms with Crippen molar-refractivity contribution in [2.45, 2.75) is 25.3 Å². The molecule has 1 amide bonds. The van der Waals surface area contributed by atoms with Crippen molar-refractivity contribution in [1.82, 2.24) is 19.9 Å². The number of methoxy groups -OCH3 is 1. The van der Waals surface area contributed by atoms with E-state index in [9.17, 15) is 4.79 Å². The van der Waals surface area contributed by atoms with Crippen LogP contribution in [-0.4, -0.2) is 53.5 Å². The van der Waals surface area contributed by atoms with Gasteiger partial charge in [0.15, 0.2) is 0 Å². The Labute approximate surface area is 194 Å². The molecule has 0 unspecified atom stereocenters. The normalized spacial score (nSPS) is 15.4. The monoisotopic (exact) mass is 443 g/mol. The number of benzene rings is 1. The van der Waals surface area contributed by atoms with Crippen LogP contribution in [0, 0.1) is 0 Å². The number of amides is 1. The minimum Gasteiger partial charge on any atom is -0.496 e. The quantitative estimate of drug-likeness (QED) is 0.507.